The molecule has 110 valence electrons. The van der Waals surface area contributed by atoms with E-state index >= 15 is 0 Å². The van der Waals surface area contributed by atoms with Crippen LogP contribution in [0.25, 0.3) is 23.1 Å². The highest BCUT2D eigenvalue weighted by atomic mass is 16.4. The highest BCUT2D eigenvalue weighted by Crippen LogP contribution is 2.13. The standard InChI is InChI=1S/C17H13N.C2H4O2/c1-2-6-14(7-3-1)10-12-16-13-11-15-8-4-5-9-17(15)18-16;1-2(3)4/h1-13H;1H3,(H,3,4)/b12-10+;. The van der Waals surface area contributed by atoms with Crippen molar-refractivity contribution in [1.82, 2.24) is 4.98 Å². The van der Waals surface area contributed by atoms with Gasteiger partial charge in [-0.2, -0.15) is 0 Å². The van der Waals surface area contributed by atoms with Crippen LogP contribution in [-0.2, 0) is 4.79 Å². The number of hydrogen-bond acceptors (Lipinski definition) is 2. The number of pyridine rings is 1. The fraction of sp³-hybridized carbons (Fsp3) is 0.0526. The predicted molar refractivity (Wildman–Crippen MR) is 90.4 cm³/mol. The Bertz CT molecular complexity index is 776. The molecule has 0 spiro atoms. The van der Waals surface area contributed by atoms with Crippen molar-refractivity contribution >= 4 is 29.0 Å². The zero-order chi connectivity index (χ0) is 15.8. The first-order chi connectivity index (χ1) is 10.6. The number of aromatic nitrogens is 1. The second kappa shape index (κ2) is 7.74. The van der Waals surface area contributed by atoms with Crippen molar-refractivity contribution in [3.63, 3.8) is 0 Å². The Kier molecular flexibility index (Phi) is 5.44. The molecule has 0 saturated heterocycles. The number of carboxylic acids is 1. The maximum absolute atomic E-state index is 9.00. The number of carboxylic acid groups (broad SMARTS) is 1. The van der Waals surface area contributed by atoms with Crippen molar-refractivity contribution < 1.29 is 9.90 Å². The van der Waals surface area contributed by atoms with Gasteiger partial charge in [0, 0.05) is 12.3 Å². The van der Waals surface area contributed by atoms with Crippen LogP contribution >= 0.6 is 0 Å². The van der Waals surface area contributed by atoms with Crippen molar-refractivity contribution in [2.75, 3.05) is 0 Å². The molecule has 0 saturated carbocycles. The van der Waals surface area contributed by atoms with E-state index in [1.807, 2.05) is 48.5 Å². The molecule has 3 nitrogen and oxygen atoms in total. The highest BCUT2D eigenvalue weighted by molar-refractivity contribution is 5.80. The van der Waals surface area contributed by atoms with Crippen molar-refractivity contribution in [1.29, 1.82) is 0 Å². The van der Waals surface area contributed by atoms with E-state index in [9.17, 15) is 0 Å². The number of fused-ring (bicyclic) bond motifs is 1. The van der Waals surface area contributed by atoms with Gasteiger partial charge in [-0.05, 0) is 23.8 Å². The van der Waals surface area contributed by atoms with Gasteiger partial charge in [-0.1, -0.05) is 60.7 Å². The van der Waals surface area contributed by atoms with Crippen molar-refractivity contribution in [2.24, 2.45) is 0 Å². The smallest absolute Gasteiger partial charge is 0.300 e. The second-order valence-electron chi connectivity index (χ2n) is 4.69. The topological polar surface area (TPSA) is 50.2 Å². The molecule has 3 heteroatoms. The Balaban J connectivity index is 0.000000396. The van der Waals surface area contributed by atoms with Gasteiger partial charge in [0.1, 0.15) is 0 Å². The lowest BCUT2D eigenvalue weighted by atomic mass is 10.1. The van der Waals surface area contributed by atoms with Crippen molar-refractivity contribution in [3.8, 4) is 0 Å². The SMILES string of the molecule is C(=C\c1ccc2ccccc2n1)/c1ccccc1.CC(=O)O. The molecule has 0 bridgehead atoms. The van der Waals surface area contributed by atoms with Gasteiger partial charge in [-0.15, -0.1) is 0 Å². The van der Waals surface area contributed by atoms with Gasteiger partial charge in [0.2, 0.25) is 0 Å². The molecule has 0 aliphatic rings. The van der Waals surface area contributed by atoms with Crippen LogP contribution in [0.15, 0.2) is 66.7 Å². The molecule has 0 fully saturated rings. The van der Waals surface area contributed by atoms with Gasteiger partial charge in [-0.25, -0.2) is 4.98 Å². The minimum atomic E-state index is -0.833. The first-order valence-electron chi connectivity index (χ1n) is 6.93. The Labute approximate surface area is 129 Å². The quantitative estimate of drug-likeness (QED) is 0.756. The van der Waals surface area contributed by atoms with Gasteiger partial charge < -0.3 is 5.11 Å². The summed E-state index contributed by atoms with van der Waals surface area (Å²) in [6.07, 6.45) is 4.12. The lowest BCUT2D eigenvalue weighted by Gasteiger charge is -1.98. The molecule has 0 atom stereocenters. The fourth-order valence-electron chi connectivity index (χ4n) is 1.92. The van der Waals surface area contributed by atoms with E-state index in [0.717, 1.165) is 18.1 Å². The molecule has 3 aromatic rings. The summed E-state index contributed by atoms with van der Waals surface area (Å²) >= 11 is 0. The molecule has 0 amide bonds. The lowest BCUT2D eigenvalue weighted by Crippen LogP contribution is -1.82. The zero-order valence-corrected chi connectivity index (χ0v) is 12.3. The number of carbonyl (C=O) groups is 1. The molecule has 0 aliphatic heterocycles. The third-order valence-corrected chi connectivity index (χ3v) is 2.87. The summed E-state index contributed by atoms with van der Waals surface area (Å²) in [5, 5.41) is 8.59. The van der Waals surface area contributed by atoms with Crippen molar-refractivity contribution in [3.05, 3.63) is 78.0 Å². The average Bonchev–Trinajstić information content (AvgIpc) is 2.53. The molecule has 1 aromatic heterocycles. The van der Waals surface area contributed by atoms with E-state index < -0.39 is 5.97 Å². The summed E-state index contributed by atoms with van der Waals surface area (Å²) in [6, 6.07) is 22.6. The first kappa shape index (κ1) is 15.4. The Morgan fingerprint density at radius 2 is 1.55 bits per heavy atom. The maximum atomic E-state index is 9.00. The van der Waals surface area contributed by atoms with Gasteiger partial charge >= 0.3 is 0 Å². The Morgan fingerprint density at radius 3 is 2.27 bits per heavy atom. The molecule has 2 aromatic carbocycles. The summed E-state index contributed by atoms with van der Waals surface area (Å²) in [5.74, 6) is -0.833. The minimum absolute atomic E-state index is 0.833. The van der Waals surface area contributed by atoms with E-state index in [1.165, 1.54) is 10.9 Å². The molecule has 1 heterocycles. The average molecular weight is 291 g/mol. The van der Waals surface area contributed by atoms with Crippen LogP contribution < -0.4 is 0 Å². The van der Waals surface area contributed by atoms with E-state index in [0.29, 0.717) is 0 Å². The van der Waals surface area contributed by atoms with Crippen LogP contribution in [0.3, 0.4) is 0 Å². The summed E-state index contributed by atoms with van der Waals surface area (Å²) in [6.45, 7) is 1.08. The first-order valence-corrected chi connectivity index (χ1v) is 6.93. The Hall–Kier alpha value is -2.94. The number of rotatable bonds is 2. The highest BCUT2D eigenvalue weighted by Gasteiger charge is 1.94. The number of para-hydroxylation sites is 1. The number of nitrogens with zero attached hydrogens (tertiary/aromatic N) is 1. The van der Waals surface area contributed by atoms with E-state index in [2.05, 4.69) is 35.3 Å². The number of hydrogen-bond donors (Lipinski definition) is 1. The van der Waals surface area contributed by atoms with Crippen LogP contribution in [-0.4, -0.2) is 16.1 Å². The largest absolute Gasteiger partial charge is 0.481 e. The molecular weight excluding hydrogens is 274 g/mol. The minimum Gasteiger partial charge on any atom is -0.481 e. The fourth-order valence-corrected chi connectivity index (χ4v) is 1.92. The third-order valence-electron chi connectivity index (χ3n) is 2.87. The molecule has 3 rings (SSSR count). The van der Waals surface area contributed by atoms with Gasteiger partial charge in [0.05, 0.1) is 11.2 Å². The van der Waals surface area contributed by atoms with Crippen LogP contribution in [0, 0.1) is 0 Å². The van der Waals surface area contributed by atoms with E-state index in [4.69, 9.17) is 9.90 Å². The van der Waals surface area contributed by atoms with E-state index in [-0.39, 0.29) is 0 Å². The zero-order valence-electron chi connectivity index (χ0n) is 12.3. The number of benzene rings is 2. The number of aliphatic carboxylic acids is 1. The monoisotopic (exact) mass is 291 g/mol. The van der Waals surface area contributed by atoms with Gasteiger partial charge in [0.15, 0.2) is 0 Å². The van der Waals surface area contributed by atoms with Crippen molar-refractivity contribution in [2.45, 2.75) is 6.92 Å². The van der Waals surface area contributed by atoms with Crippen LogP contribution in [0.4, 0.5) is 0 Å². The second-order valence-corrected chi connectivity index (χ2v) is 4.69. The lowest BCUT2D eigenvalue weighted by molar-refractivity contribution is -0.134. The van der Waals surface area contributed by atoms with Crippen LogP contribution in [0.1, 0.15) is 18.2 Å². The van der Waals surface area contributed by atoms with E-state index in [1.54, 1.807) is 0 Å². The predicted octanol–water partition coefficient (Wildman–Crippen LogP) is 4.50. The molecule has 1 N–H and O–H groups in total. The molecule has 0 radical (unpaired) electrons. The third kappa shape index (κ3) is 4.87. The van der Waals surface area contributed by atoms with Crippen LogP contribution in [0.5, 0.6) is 0 Å². The molecule has 0 aliphatic carbocycles. The molecular formula is C19H17NO2. The molecule has 22 heavy (non-hydrogen) atoms. The van der Waals surface area contributed by atoms with Gasteiger partial charge in [0.25, 0.3) is 5.97 Å². The molecule has 0 unspecified atom stereocenters. The van der Waals surface area contributed by atoms with Gasteiger partial charge in [-0.3, -0.25) is 4.79 Å². The normalized spacial score (nSPS) is 10.2. The summed E-state index contributed by atoms with van der Waals surface area (Å²) in [5.41, 5.74) is 3.21. The summed E-state index contributed by atoms with van der Waals surface area (Å²) < 4.78 is 0. The maximum Gasteiger partial charge on any atom is 0.300 e. The summed E-state index contributed by atoms with van der Waals surface area (Å²) in [7, 11) is 0. The Morgan fingerprint density at radius 1 is 0.909 bits per heavy atom. The summed E-state index contributed by atoms with van der Waals surface area (Å²) in [4.78, 5) is 13.6. The van der Waals surface area contributed by atoms with Crippen LogP contribution in [0.2, 0.25) is 0 Å².